The molecular weight excluding hydrogens is 268 g/mol. The van der Waals surface area contributed by atoms with Gasteiger partial charge in [-0.1, -0.05) is 0 Å². The first-order chi connectivity index (χ1) is 10.1. The Bertz CT molecular complexity index is 444. The van der Waals surface area contributed by atoms with Gasteiger partial charge in [0, 0.05) is 5.56 Å². The Balaban J connectivity index is 1.83. The molecule has 2 rings (SSSR count). The first-order valence-corrected chi connectivity index (χ1v) is 7.61. The lowest BCUT2D eigenvalue weighted by Gasteiger charge is -2.31. The molecule has 0 amide bonds. The van der Waals surface area contributed by atoms with Crippen LogP contribution in [0.4, 0.5) is 0 Å². The molecule has 1 aromatic carbocycles. The molecular formula is C17H24O4. The van der Waals surface area contributed by atoms with Crippen LogP contribution in [0, 0.1) is 0 Å². The van der Waals surface area contributed by atoms with Crippen molar-refractivity contribution in [3.63, 3.8) is 0 Å². The van der Waals surface area contributed by atoms with Crippen LogP contribution in [-0.2, 0) is 9.47 Å². The van der Waals surface area contributed by atoms with Crippen LogP contribution in [0.3, 0.4) is 0 Å². The average Bonchev–Trinajstić information content (AvgIpc) is 2.45. The zero-order valence-corrected chi connectivity index (χ0v) is 13.0. The molecule has 0 saturated carbocycles. The van der Waals surface area contributed by atoms with Gasteiger partial charge in [-0.25, -0.2) is 0 Å². The summed E-state index contributed by atoms with van der Waals surface area (Å²) < 4.78 is 16.8. The van der Waals surface area contributed by atoms with Crippen molar-refractivity contribution in [3.05, 3.63) is 29.8 Å². The van der Waals surface area contributed by atoms with Gasteiger partial charge in [0.1, 0.15) is 12.4 Å². The van der Waals surface area contributed by atoms with E-state index >= 15 is 0 Å². The molecule has 2 atom stereocenters. The van der Waals surface area contributed by atoms with Crippen molar-refractivity contribution in [3.8, 4) is 5.75 Å². The largest absolute Gasteiger partial charge is 0.494 e. The highest BCUT2D eigenvalue weighted by Crippen LogP contribution is 2.22. The van der Waals surface area contributed by atoms with Crippen LogP contribution in [-0.4, -0.2) is 37.3 Å². The summed E-state index contributed by atoms with van der Waals surface area (Å²) in [5.41, 5.74) is 0.659. The minimum absolute atomic E-state index is 0.00449. The van der Waals surface area contributed by atoms with Gasteiger partial charge in [0.25, 0.3) is 0 Å². The van der Waals surface area contributed by atoms with Gasteiger partial charge < -0.3 is 14.2 Å². The molecule has 0 radical (unpaired) electrons. The van der Waals surface area contributed by atoms with Crippen LogP contribution >= 0.6 is 0 Å². The molecule has 1 heterocycles. The molecule has 1 aromatic rings. The van der Waals surface area contributed by atoms with Crippen LogP contribution in [0.25, 0.3) is 0 Å². The number of hydrogen-bond acceptors (Lipinski definition) is 4. The first kappa shape index (κ1) is 16.0. The van der Waals surface area contributed by atoms with Gasteiger partial charge in [0.15, 0.2) is 5.78 Å². The highest BCUT2D eigenvalue weighted by molar-refractivity contribution is 5.97. The summed E-state index contributed by atoms with van der Waals surface area (Å²) in [6, 6.07) is 7.20. The average molecular weight is 292 g/mol. The molecule has 0 spiro atoms. The summed E-state index contributed by atoms with van der Waals surface area (Å²) in [5, 5.41) is 0. The Labute approximate surface area is 126 Å². The van der Waals surface area contributed by atoms with Crippen molar-refractivity contribution in [1.29, 1.82) is 0 Å². The lowest BCUT2D eigenvalue weighted by Crippen LogP contribution is -2.35. The van der Waals surface area contributed by atoms with E-state index in [1.54, 1.807) is 12.1 Å². The molecule has 0 bridgehead atoms. The van der Waals surface area contributed by atoms with Gasteiger partial charge in [-0.15, -0.1) is 0 Å². The topological polar surface area (TPSA) is 44.8 Å². The van der Waals surface area contributed by atoms with E-state index in [1.807, 2.05) is 32.9 Å². The smallest absolute Gasteiger partial charge is 0.188 e. The number of ketones is 1. The summed E-state index contributed by atoms with van der Waals surface area (Å²) >= 11 is 0. The molecule has 116 valence electrons. The SMILES string of the molecule is CCOc1ccc(C(=O)COC2CC(C)OC(C)C2)cc1. The lowest BCUT2D eigenvalue weighted by molar-refractivity contribution is -0.0975. The second kappa shape index (κ2) is 7.57. The zero-order valence-electron chi connectivity index (χ0n) is 13.0. The molecule has 0 N–H and O–H groups in total. The number of hydrogen-bond donors (Lipinski definition) is 0. The van der Waals surface area contributed by atoms with E-state index in [4.69, 9.17) is 14.2 Å². The normalized spacial score (nSPS) is 25.6. The summed E-state index contributed by atoms with van der Waals surface area (Å²) in [6.07, 6.45) is 2.19. The van der Waals surface area contributed by atoms with Crippen molar-refractivity contribution in [2.45, 2.75) is 51.9 Å². The fourth-order valence-corrected chi connectivity index (χ4v) is 2.66. The monoisotopic (exact) mass is 292 g/mol. The number of carbonyl (C=O) groups is 1. The molecule has 21 heavy (non-hydrogen) atoms. The van der Waals surface area contributed by atoms with Crippen LogP contribution in [0.15, 0.2) is 24.3 Å². The lowest BCUT2D eigenvalue weighted by atomic mass is 10.0. The fourth-order valence-electron chi connectivity index (χ4n) is 2.66. The maximum atomic E-state index is 12.1. The standard InChI is InChI=1S/C17H24O4/c1-4-19-15-7-5-14(6-8-15)17(18)11-20-16-9-12(2)21-13(3)10-16/h5-8,12-13,16H,4,9-11H2,1-3H3. The van der Waals surface area contributed by atoms with Gasteiger partial charge in [0.05, 0.1) is 24.9 Å². The quantitative estimate of drug-likeness (QED) is 0.755. The van der Waals surface area contributed by atoms with E-state index in [-0.39, 0.29) is 30.7 Å². The molecule has 1 aliphatic heterocycles. The molecule has 2 unspecified atom stereocenters. The summed E-state index contributed by atoms with van der Waals surface area (Å²) in [5.74, 6) is 0.784. The van der Waals surface area contributed by atoms with E-state index < -0.39 is 0 Å². The third-order valence-electron chi connectivity index (χ3n) is 3.59. The highest BCUT2D eigenvalue weighted by Gasteiger charge is 2.25. The number of ether oxygens (including phenoxy) is 3. The number of rotatable bonds is 6. The van der Waals surface area contributed by atoms with E-state index in [9.17, 15) is 4.79 Å². The molecule has 1 aliphatic rings. The Morgan fingerprint density at radius 3 is 2.38 bits per heavy atom. The van der Waals surface area contributed by atoms with Crippen molar-refractivity contribution < 1.29 is 19.0 Å². The molecule has 0 aliphatic carbocycles. The Morgan fingerprint density at radius 1 is 1.19 bits per heavy atom. The molecule has 1 fully saturated rings. The van der Waals surface area contributed by atoms with Crippen molar-refractivity contribution in [2.24, 2.45) is 0 Å². The number of benzene rings is 1. The Morgan fingerprint density at radius 2 is 1.81 bits per heavy atom. The third-order valence-corrected chi connectivity index (χ3v) is 3.59. The fraction of sp³-hybridized carbons (Fsp3) is 0.588. The van der Waals surface area contributed by atoms with E-state index in [2.05, 4.69) is 0 Å². The molecule has 1 saturated heterocycles. The van der Waals surface area contributed by atoms with Gasteiger partial charge in [-0.05, 0) is 57.9 Å². The van der Waals surface area contributed by atoms with Crippen LogP contribution in [0.2, 0.25) is 0 Å². The second-order valence-corrected chi connectivity index (χ2v) is 5.54. The van der Waals surface area contributed by atoms with Crippen LogP contribution in [0.5, 0.6) is 5.75 Å². The zero-order chi connectivity index (χ0) is 15.2. The summed E-state index contributed by atoms with van der Waals surface area (Å²) in [4.78, 5) is 12.1. The molecule has 0 aromatic heterocycles. The number of carbonyl (C=O) groups excluding carboxylic acids is 1. The van der Waals surface area contributed by atoms with Gasteiger partial charge >= 0.3 is 0 Å². The minimum Gasteiger partial charge on any atom is -0.494 e. The maximum absolute atomic E-state index is 12.1. The van der Waals surface area contributed by atoms with Crippen LogP contribution < -0.4 is 4.74 Å². The Hall–Kier alpha value is -1.39. The second-order valence-electron chi connectivity index (χ2n) is 5.54. The van der Waals surface area contributed by atoms with Crippen LogP contribution in [0.1, 0.15) is 44.0 Å². The number of Topliss-reactive ketones (excluding diaryl/α,β-unsaturated/α-hetero) is 1. The summed E-state index contributed by atoms with van der Waals surface area (Å²) in [6.45, 7) is 6.76. The minimum atomic E-state index is 0.00449. The predicted molar refractivity (Wildman–Crippen MR) is 80.9 cm³/mol. The molecule has 4 heteroatoms. The van der Waals surface area contributed by atoms with Crippen molar-refractivity contribution in [1.82, 2.24) is 0 Å². The van der Waals surface area contributed by atoms with Crippen molar-refractivity contribution in [2.75, 3.05) is 13.2 Å². The van der Waals surface area contributed by atoms with E-state index in [0.29, 0.717) is 12.2 Å². The van der Waals surface area contributed by atoms with Gasteiger partial charge in [-0.3, -0.25) is 4.79 Å². The van der Waals surface area contributed by atoms with E-state index in [1.165, 1.54) is 0 Å². The van der Waals surface area contributed by atoms with Gasteiger partial charge in [-0.2, -0.15) is 0 Å². The Kier molecular flexibility index (Phi) is 5.76. The van der Waals surface area contributed by atoms with Crippen molar-refractivity contribution >= 4 is 5.78 Å². The highest BCUT2D eigenvalue weighted by atomic mass is 16.5. The predicted octanol–water partition coefficient (Wildman–Crippen LogP) is 3.24. The van der Waals surface area contributed by atoms with E-state index in [0.717, 1.165) is 18.6 Å². The summed E-state index contributed by atoms with van der Waals surface area (Å²) in [7, 11) is 0. The molecule has 4 nitrogen and oxygen atoms in total. The first-order valence-electron chi connectivity index (χ1n) is 7.61. The third kappa shape index (κ3) is 4.83. The van der Waals surface area contributed by atoms with Gasteiger partial charge in [0.2, 0.25) is 0 Å². The maximum Gasteiger partial charge on any atom is 0.188 e.